The van der Waals surface area contributed by atoms with E-state index in [0.29, 0.717) is 17.2 Å². The zero-order chi connectivity index (χ0) is 26.8. The Morgan fingerprint density at radius 2 is 1.70 bits per heavy atom. The van der Waals surface area contributed by atoms with Crippen LogP contribution in [0.3, 0.4) is 0 Å². The highest BCUT2D eigenvalue weighted by Crippen LogP contribution is 2.26. The van der Waals surface area contributed by atoms with E-state index in [1.54, 1.807) is 11.0 Å². The summed E-state index contributed by atoms with van der Waals surface area (Å²) >= 11 is 9.78. The highest BCUT2D eigenvalue weighted by atomic mass is 79.9. The number of hydrogen-bond acceptors (Lipinski definition) is 3. The second-order valence-electron chi connectivity index (χ2n) is 9.08. The Kier molecular flexibility index (Phi) is 11.0. The molecular weight excluding hydrogens is 552 g/mol. The lowest BCUT2D eigenvalue weighted by molar-refractivity contribution is -0.143. The van der Waals surface area contributed by atoms with E-state index in [-0.39, 0.29) is 31.0 Å². The molecule has 3 rings (SSSR count). The Bertz CT molecular complexity index is 1190. The van der Waals surface area contributed by atoms with E-state index in [2.05, 4.69) is 28.2 Å². The van der Waals surface area contributed by atoms with Crippen LogP contribution in [0.1, 0.15) is 43.9 Å². The van der Waals surface area contributed by atoms with E-state index in [0.717, 1.165) is 34.0 Å². The normalized spacial score (nSPS) is 12.5. The first-order valence-electron chi connectivity index (χ1n) is 12.6. The number of carbonyl (C=O) groups excluding carboxylic acids is 2. The van der Waals surface area contributed by atoms with Crippen LogP contribution in [-0.2, 0) is 29.0 Å². The average molecular weight is 586 g/mol. The van der Waals surface area contributed by atoms with E-state index >= 15 is 0 Å². The lowest BCUT2D eigenvalue weighted by Gasteiger charge is -2.32. The molecule has 7 heteroatoms. The highest BCUT2D eigenvalue weighted by molar-refractivity contribution is 9.10. The minimum absolute atomic E-state index is 0.0156. The lowest BCUT2D eigenvalue weighted by atomic mass is 10.0. The zero-order valence-corrected chi connectivity index (χ0v) is 23.9. The molecule has 0 saturated heterocycles. The monoisotopic (exact) mass is 584 g/mol. The van der Waals surface area contributed by atoms with Crippen molar-refractivity contribution in [3.63, 3.8) is 0 Å². The molecule has 0 heterocycles. The molecule has 1 N–H and O–H groups in total. The lowest BCUT2D eigenvalue weighted by Crippen LogP contribution is -2.53. The number of aryl methyl sites for hydroxylation is 1. The number of nitrogens with one attached hydrogen (secondary N) is 1. The molecule has 0 radical (unpaired) electrons. The summed E-state index contributed by atoms with van der Waals surface area (Å²) in [5.74, 6) is 0.102. The third-order valence-electron chi connectivity index (χ3n) is 6.27. The van der Waals surface area contributed by atoms with Gasteiger partial charge in [-0.15, -0.1) is 0 Å². The van der Waals surface area contributed by atoms with Crippen LogP contribution in [0.4, 0.5) is 0 Å². The van der Waals surface area contributed by atoms with Crippen LogP contribution in [0, 0.1) is 0 Å². The van der Waals surface area contributed by atoms with Crippen molar-refractivity contribution < 1.29 is 14.3 Å². The van der Waals surface area contributed by atoms with Gasteiger partial charge in [0.05, 0.1) is 4.47 Å². The van der Waals surface area contributed by atoms with Crippen LogP contribution >= 0.6 is 27.5 Å². The van der Waals surface area contributed by atoms with Crippen molar-refractivity contribution in [2.75, 3.05) is 6.61 Å². The predicted octanol–water partition coefficient (Wildman–Crippen LogP) is 6.60. The summed E-state index contributed by atoms with van der Waals surface area (Å²) in [6.45, 7) is 6.08. The van der Waals surface area contributed by atoms with E-state index in [9.17, 15) is 9.59 Å². The van der Waals surface area contributed by atoms with E-state index in [4.69, 9.17) is 16.3 Å². The van der Waals surface area contributed by atoms with Gasteiger partial charge < -0.3 is 15.0 Å². The predicted molar refractivity (Wildman–Crippen MR) is 153 cm³/mol. The number of rotatable bonds is 12. The van der Waals surface area contributed by atoms with Crippen LogP contribution in [-0.4, -0.2) is 35.4 Å². The van der Waals surface area contributed by atoms with Crippen LogP contribution in [0.5, 0.6) is 5.75 Å². The zero-order valence-electron chi connectivity index (χ0n) is 21.5. The number of nitrogens with zero attached hydrogens (tertiary/aromatic N) is 1. The van der Waals surface area contributed by atoms with Crippen molar-refractivity contribution in [3.05, 3.63) is 99.0 Å². The van der Waals surface area contributed by atoms with Gasteiger partial charge in [-0.1, -0.05) is 74.0 Å². The van der Waals surface area contributed by atoms with Gasteiger partial charge in [-0.3, -0.25) is 9.59 Å². The largest absolute Gasteiger partial charge is 0.483 e. The Labute approximate surface area is 233 Å². The molecular formula is C30H34BrClN2O3. The summed E-state index contributed by atoms with van der Waals surface area (Å²) in [4.78, 5) is 28.8. The van der Waals surface area contributed by atoms with Gasteiger partial charge in [-0.25, -0.2) is 0 Å². The first kappa shape index (κ1) is 28.7. The summed E-state index contributed by atoms with van der Waals surface area (Å²) < 4.78 is 6.72. The number of halogens is 2. The number of ether oxygens (including phenoxy) is 1. The molecule has 2 atom stereocenters. The van der Waals surface area contributed by atoms with Crippen molar-refractivity contribution in [1.82, 2.24) is 10.2 Å². The molecule has 37 heavy (non-hydrogen) atoms. The highest BCUT2D eigenvalue weighted by Gasteiger charge is 2.31. The van der Waals surface area contributed by atoms with Gasteiger partial charge in [0, 0.05) is 24.0 Å². The maximum Gasteiger partial charge on any atom is 0.261 e. The van der Waals surface area contributed by atoms with Gasteiger partial charge in [0.25, 0.3) is 5.91 Å². The van der Waals surface area contributed by atoms with Crippen LogP contribution in [0.15, 0.2) is 77.3 Å². The maximum absolute atomic E-state index is 13.7. The third kappa shape index (κ3) is 8.61. The first-order valence-corrected chi connectivity index (χ1v) is 13.8. The minimum Gasteiger partial charge on any atom is -0.483 e. The van der Waals surface area contributed by atoms with Gasteiger partial charge in [-0.05, 0) is 76.7 Å². The second-order valence-corrected chi connectivity index (χ2v) is 10.4. The molecule has 0 aliphatic heterocycles. The summed E-state index contributed by atoms with van der Waals surface area (Å²) in [5, 5.41) is 3.64. The fraction of sp³-hybridized carbons (Fsp3) is 0.333. The molecule has 0 saturated carbocycles. The van der Waals surface area contributed by atoms with Crippen molar-refractivity contribution in [3.8, 4) is 5.75 Å². The standard InChI is InChI=1S/C30H34BrClN2O3/c1-4-21(3)33-30(36)27(18-23-10-7-6-8-11-23)34(19-24-12-9-13-25(32)16-24)29(35)20-37-28-15-14-22(5-2)17-26(28)31/h6-17,21,27H,4-5,18-20H2,1-3H3,(H,33,36)/t21-,27+/m0/s1. The van der Waals surface area contributed by atoms with Crippen LogP contribution in [0.25, 0.3) is 0 Å². The average Bonchev–Trinajstić information content (AvgIpc) is 2.90. The van der Waals surface area contributed by atoms with Crippen molar-refractivity contribution in [2.24, 2.45) is 0 Å². The first-order chi connectivity index (χ1) is 17.8. The molecule has 2 amide bonds. The second kappa shape index (κ2) is 14.2. The van der Waals surface area contributed by atoms with Gasteiger partial charge >= 0.3 is 0 Å². The molecule has 0 fully saturated rings. The Balaban J connectivity index is 1.92. The summed E-state index contributed by atoms with van der Waals surface area (Å²) in [6.07, 6.45) is 2.07. The molecule has 5 nitrogen and oxygen atoms in total. The van der Waals surface area contributed by atoms with E-state index < -0.39 is 6.04 Å². The quantitative estimate of drug-likeness (QED) is 0.261. The molecule has 3 aromatic rings. The Morgan fingerprint density at radius 3 is 2.35 bits per heavy atom. The third-order valence-corrected chi connectivity index (χ3v) is 7.12. The Morgan fingerprint density at radius 1 is 0.973 bits per heavy atom. The fourth-order valence-electron chi connectivity index (χ4n) is 3.93. The number of benzene rings is 3. The fourth-order valence-corrected chi connectivity index (χ4v) is 4.68. The van der Waals surface area contributed by atoms with Crippen molar-refractivity contribution in [2.45, 2.75) is 58.7 Å². The van der Waals surface area contributed by atoms with Gasteiger partial charge in [0.15, 0.2) is 6.61 Å². The molecule has 0 aliphatic rings. The molecule has 0 spiro atoms. The summed E-state index contributed by atoms with van der Waals surface area (Å²) in [6, 6.07) is 22.2. The molecule has 0 aliphatic carbocycles. The molecule has 0 unspecified atom stereocenters. The minimum atomic E-state index is -0.725. The number of carbonyl (C=O) groups is 2. The van der Waals surface area contributed by atoms with E-state index in [1.807, 2.05) is 80.6 Å². The molecule has 196 valence electrons. The van der Waals surface area contributed by atoms with Crippen molar-refractivity contribution in [1.29, 1.82) is 0 Å². The summed E-state index contributed by atoms with van der Waals surface area (Å²) in [7, 11) is 0. The van der Waals surface area contributed by atoms with Gasteiger partial charge in [0.2, 0.25) is 5.91 Å². The topological polar surface area (TPSA) is 58.6 Å². The molecule has 0 aromatic heterocycles. The molecule has 0 bridgehead atoms. The van der Waals surface area contributed by atoms with Crippen molar-refractivity contribution >= 4 is 39.3 Å². The number of amides is 2. The van der Waals surface area contributed by atoms with E-state index in [1.165, 1.54) is 0 Å². The smallest absolute Gasteiger partial charge is 0.261 e. The van der Waals surface area contributed by atoms with Crippen LogP contribution in [0.2, 0.25) is 5.02 Å². The van der Waals surface area contributed by atoms with Gasteiger partial charge in [-0.2, -0.15) is 0 Å². The van der Waals surface area contributed by atoms with Crippen LogP contribution < -0.4 is 10.1 Å². The maximum atomic E-state index is 13.7. The Hall–Kier alpha value is -2.83. The molecule has 3 aromatic carbocycles. The van der Waals surface area contributed by atoms with Gasteiger partial charge in [0.1, 0.15) is 11.8 Å². The summed E-state index contributed by atoms with van der Waals surface area (Å²) in [5.41, 5.74) is 2.97. The SMILES string of the molecule is CCc1ccc(OCC(=O)N(Cc2cccc(Cl)c2)[C@H](Cc2ccccc2)C(=O)N[C@@H](C)CC)c(Br)c1. The number of hydrogen-bond donors (Lipinski definition) is 1.